The van der Waals surface area contributed by atoms with Crippen molar-refractivity contribution < 1.29 is 9.59 Å². The molecule has 0 aromatic carbocycles. The molecule has 4 nitrogen and oxygen atoms in total. The van der Waals surface area contributed by atoms with Crippen LogP contribution >= 0.6 is 0 Å². The van der Waals surface area contributed by atoms with E-state index in [4.69, 9.17) is 0 Å². The molecule has 4 heteroatoms. The Balaban J connectivity index is 1.96. The number of nitrogens with one attached hydrogen (secondary N) is 1. The Kier molecular flexibility index (Phi) is 2.82. The normalized spacial score (nSPS) is 30.1. The van der Waals surface area contributed by atoms with Crippen molar-refractivity contribution in [3.63, 3.8) is 0 Å². The highest BCUT2D eigenvalue weighted by Crippen LogP contribution is 2.20. The third kappa shape index (κ3) is 1.95. The van der Waals surface area contributed by atoms with Crippen molar-refractivity contribution in [1.82, 2.24) is 10.2 Å². The fraction of sp³-hybridized carbons (Fsp3) is 0.800. The van der Waals surface area contributed by atoms with E-state index in [1.54, 1.807) is 0 Å². The van der Waals surface area contributed by atoms with E-state index in [0.717, 1.165) is 32.4 Å². The highest BCUT2D eigenvalue weighted by molar-refractivity contribution is 5.86. The zero-order valence-electron chi connectivity index (χ0n) is 8.29. The van der Waals surface area contributed by atoms with E-state index in [1.807, 2.05) is 0 Å². The van der Waals surface area contributed by atoms with E-state index in [9.17, 15) is 9.59 Å². The first-order valence-corrected chi connectivity index (χ1v) is 5.31. The first kappa shape index (κ1) is 9.65. The van der Waals surface area contributed by atoms with Crippen LogP contribution in [0, 0.1) is 0 Å². The van der Waals surface area contributed by atoms with Gasteiger partial charge >= 0.3 is 0 Å². The lowest BCUT2D eigenvalue weighted by Gasteiger charge is -2.24. The monoisotopic (exact) mass is 196 g/mol. The van der Waals surface area contributed by atoms with E-state index in [-0.39, 0.29) is 11.9 Å². The lowest BCUT2D eigenvalue weighted by atomic mass is 10.2. The molecule has 1 N–H and O–H groups in total. The van der Waals surface area contributed by atoms with Crippen LogP contribution in [0.5, 0.6) is 0 Å². The molecule has 1 aliphatic carbocycles. The number of Topliss-reactive ketones (excluding diaryl/α,β-unsaturated/α-hetero) is 1. The van der Waals surface area contributed by atoms with Crippen LogP contribution in [0.1, 0.15) is 25.7 Å². The van der Waals surface area contributed by atoms with Gasteiger partial charge < -0.3 is 5.32 Å². The summed E-state index contributed by atoms with van der Waals surface area (Å²) >= 11 is 0. The van der Waals surface area contributed by atoms with Gasteiger partial charge in [-0.1, -0.05) is 0 Å². The summed E-state index contributed by atoms with van der Waals surface area (Å²) in [6.45, 7) is 2.24. The van der Waals surface area contributed by atoms with Gasteiger partial charge in [0.25, 0.3) is 0 Å². The number of hydrogen-bond acceptors (Lipinski definition) is 3. The summed E-state index contributed by atoms with van der Waals surface area (Å²) in [6.07, 6.45) is 3.25. The van der Waals surface area contributed by atoms with E-state index in [1.165, 1.54) is 0 Å². The van der Waals surface area contributed by atoms with Crippen LogP contribution in [-0.2, 0) is 9.59 Å². The zero-order chi connectivity index (χ0) is 9.97. The molecule has 1 amide bonds. The zero-order valence-corrected chi connectivity index (χ0v) is 8.29. The maximum absolute atomic E-state index is 11.5. The topological polar surface area (TPSA) is 49.4 Å². The van der Waals surface area contributed by atoms with E-state index >= 15 is 0 Å². The maximum Gasteiger partial charge on any atom is 0.221 e. The van der Waals surface area contributed by atoms with Crippen molar-refractivity contribution in [2.75, 3.05) is 19.6 Å². The van der Waals surface area contributed by atoms with Crippen molar-refractivity contribution in [2.45, 2.75) is 31.7 Å². The molecule has 0 spiro atoms. The molecule has 0 aromatic heterocycles. The quantitative estimate of drug-likeness (QED) is 0.638. The number of carbonyl (C=O) groups excluding carboxylic acids is 2. The van der Waals surface area contributed by atoms with E-state index < -0.39 is 0 Å². The lowest BCUT2D eigenvalue weighted by molar-refractivity contribution is -0.123. The standard InChI is InChI=1S/C10H16N2O2/c13-9-3-1-2-8(9)12-6-4-10(14)11-5-7-12/h8H,1-7H2,(H,11,14). The third-order valence-corrected chi connectivity index (χ3v) is 3.06. The van der Waals surface area contributed by atoms with Crippen LogP contribution in [0.25, 0.3) is 0 Å². The van der Waals surface area contributed by atoms with Gasteiger partial charge in [0, 0.05) is 32.5 Å². The molecule has 2 rings (SSSR count). The number of ketones is 1. The van der Waals surface area contributed by atoms with Gasteiger partial charge in [-0.2, -0.15) is 0 Å². The Hall–Kier alpha value is -0.900. The molecule has 78 valence electrons. The first-order chi connectivity index (χ1) is 6.77. The predicted octanol–water partition coefficient (Wildman–Crippen LogP) is -0.0701. The summed E-state index contributed by atoms with van der Waals surface area (Å²) in [5, 5.41) is 2.82. The SMILES string of the molecule is O=C1CCN(C2CCCC2=O)CCN1. The molecule has 2 aliphatic rings. The van der Waals surface area contributed by atoms with Crippen molar-refractivity contribution in [3.8, 4) is 0 Å². The predicted molar refractivity (Wildman–Crippen MR) is 51.8 cm³/mol. The van der Waals surface area contributed by atoms with Crippen molar-refractivity contribution >= 4 is 11.7 Å². The van der Waals surface area contributed by atoms with Crippen LogP contribution in [0.4, 0.5) is 0 Å². The molecule has 2 fully saturated rings. The summed E-state index contributed by atoms with van der Waals surface area (Å²) in [4.78, 5) is 24.8. The number of carbonyl (C=O) groups is 2. The van der Waals surface area contributed by atoms with Gasteiger partial charge in [-0.3, -0.25) is 14.5 Å². The molecule has 1 atom stereocenters. The Morgan fingerprint density at radius 2 is 2.07 bits per heavy atom. The minimum atomic E-state index is 0.0997. The summed E-state index contributed by atoms with van der Waals surface area (Å²) in [5.41, 5.74) is 0. The van der Waals surface area contributed by atoms with Crippen LogP contribution in [0.15, 0.2) is 0 Å². The maximum atomic E-state index is 11.5. The fourth-order valence-corrected chi connectivity index (χ4v) is 2.28. The second-order valence-electron chi connectivity index (χ2n) is 4.01. The van der Waals surface area contributed by atoms with Gasteiger partial charge in [0.2, 0.25) is 5.91 Å². The molecule has 1 saturated carbocycles. The Morgan fingerprint density at radius 3 is 2.79 bits per heavy atom. The van der Waals surface area contributed by atoms with E-state index in [2.05, 4.69) is 10.2 Å². The molecule has 14 heavy (non-hydrogen) atoms. The molecular weight excluding hydrogens is 180 g/mol. The minimum Gasteiger partial charge on any atom is -0.355 e. The second-order valence-corrected chi connectivity index (χ2v) is 4.01. The highest BCUT2D eigenvalue weighted by atomic mass is 16.1. The minimum absolute atomic E-state index is 0.0997. The summed E-state index contributed by atoms with van der Waals surface area (Å²) in [6, 6.07) is 0.0997. The molecule has 0 radical (unpaired) electrons. The van der Waals surface area contributed by atoms with Gasteiger partial charge in [-0.25, -0.2) is 0 Å². The van der Waals surface area contributed by atoms with Crippen LogP contribution in [0.3, 0.4) is 0 Å². The Bertz CT molecular complexity index is 253. The largest absolute Gasteiger partial charge is 0.355 e. The van der Waals surface area contributed by atoms with Crippen molar-refractivity contribution in [2.24, 2.45) is 0 Å². The average Bonchev–Trinajstić information content (AvgIpc) is 2.46. The smallest absolute Gasteiger partial charge is 0.221 e. The molecule has 1 heterocycles. The molecule has 0 bridgehead atoms. The van der Waals surface area contributed by atoms with Gasteiger partial charge in [-0.05, 0) is 12.8 Å². The number of hydrogen-bond donors (Lipinski definition) is 1. The average molecular weight is 196 g/mol. The molecule has 1 saturated heterocycles. The lowest BCUT2D eigenvalue weighted by Crippen LogP contribution is -2.40. The fourth-order valence-electron chi connectivity index (χ4n) is 2.28. The van der Waals surface area contributed by atoms with Gasteiger partial charge in [0.15, 0.2) is 0 Å². The number of nitrogens with zero attached hydrogens (tertiary/aromatic N) is 1. The Labute approximate surface area is 83.6 Å². The first-order valence-electron chi connectivity index (χ1n) is 5.31. The highest BCUT2D eigenvalue weighted by Gasteiger charge is 2.30. The van der Waals surface area contributed by atoms with Gasteiger partial charge in [0.05, 0.1) is 6.04 Å². The van der Waals surface area contributed by atoms with Crippen LogP contribution in [0.2, 0.25) is 0 Å². The van der Waals surface area contributed by atoms with Crippen molar-refractivity contribution in [1.29, 1.82) is 0 Å². The molecular formula is C10H16N2O2. The Morgan fingerprint density at radius 1 is 1.21 bits per heavy atom. The molecule has 1 aliphatic heterocycles. The van der Waals surface area contributed by atoms with Gasteiger partial charge in [0.1, 0.15) is 5.78 Å². The van der Waals surface area contributed by atoms with Crippen LogP contribution in [-0.4, -0.2) is 42.3 Å². The number of amides is 1. The summed E-state index contributed by atoms with van der Waals surface area (Å²) in [5.74, 6) is 0.470. The summed E-state index contributed by atoms with van der Waals surface area (Å²) in [7, 11) is 0. The van der Waals surface area contributed by atoms with Crippen molar-refractivity contribution in [3.05, 3.63) is 0 Å². The second kappa shape index (κ2) is 4.09. The van der Waals surface area contributed by atoms with E-state index in [0.29, 0.717) is 18.7 Å². The third-order valence-electron chi connectivity index (χ3n) is 3.06. The van der Waals surface area contributed by atoms with Gasteiger partial charge in [-0.15, -0.1) is 0 Å². The summed E-state index contributed by atoms with van der Waals surface area (Å²) < 4.78 is 0. The number of rotatable bonds is 1. The molecule has 1 unspecified atom stereocenters. The van der Waals surface area contributed by atoms with Crippen LogP contribution < -0.4 is 5.32 Å². The molecule has 0 aromatic rings.